The maximum Gasteiger partial charge on any atom is 0.273 e. The summed E-state index contributed by atoms with van der Waals surface area (Å²) in [5.41, 5.74) is 1.23. The molecule has 122 valence electrons. The Morgan fingerprint density at radius 1 is 1.22 bits per heavy atom. The second-order valence-electron chi connectivity index (χ2n) is 5.84. The van der Waals surface area contributed by atoms with E-state index in [-0.39, 0.29) is 5.91 Å². The van der Waals surface area contributed by atoms with Crippen LogP contribution >= 0.6 is 0 Å². The lowest BCUT2D eigenvalue weighted by atomic mass is 10.1. The number of nitrogens with zero attached hydrogens (tertiary/aromatic N) is 3. The van der Waals surface area contributed by atoms with E-state index in [4.69, 9.17) is 4.52 Å². The number of likely N-dealkylation sites (N-methyl/N-ethyl adjacent to an activating group) is 1. The van der Waals surface area contributed by atoms with E-state index < -0.39 is 0 Å². The zero-order chi connectivity index (χ0) is 16.1. The average molecular weight is 314 g/mol. The van der Waals surface area contributed by atoms with Gasteiger partial charge in [-0.1, -0.05) is 35.5 Å². The van der Waals surface area contributed by atoms with E-state index >= 15 is 0 Å². The molecule has 0 bridgehead atoms. The number of piperazine rings is 1. The molecular weight excluding hydrogens is 292 g/mol. The molecule has 0 radical (unpaired) electrons. The van der Waals surface area contributed by atoms with Crippen molar-refractivity contribution in [3.05, 3.63) is 42.1 Å². The Labute approximate surface area is 136 Å². The van der Waals surface area contributed by atoms with Crippen molar-refractivity contribution < 1.29 is 9.32 Å². The second-order valence-corrected chi connectivity index (χ2v) is 5.84. The largest absolute Gasteiger partial charge is 0.355 e. The van der Waals surface area contributed by atoms with Gasteiger partial charge in [-0.05, 0) is 7.05 Å². The van der Waals surface area contributed by atoms with E-state index in [9.17, 15) is 4.79 Å². The van der Waals surface area contributed by atoms with Gasteiger partial charge < -0.3 is 14.7 Å². The summed E-state index contributed by atoms with van der Waals surface area (Å²) in [6.07, 6.45) is 0. The third-order valence-electron chi connectivity index (χ3n) is 4.11. The van der Waals surface area contributed by atoms with E-state index in [0.29, 0.717) is 18.0 Å². The van der Waals surface area contributed by atoms with Gasteiger partial charge in [0.05, 0.1) is 0 Å². The van der Waals surface area contributed by atoms with Crippen molar-refractivity contribution in [1.29, 1.82) is 0 Å². The fraction of sp³-hybridized carbons (Fsp3) is 0.412. The number of hydrogen-bond donors (Lipinski definition) is 1. The first-order valence-electron chi connectivity index (χ1n) is 7.93. The Morgan fingerprint density at radius 2 is 1.96 bits per heavy atom. The quantitative estimate of drug-likeness (QED) is 0.902. The summed E-state index contributed by atoms with van der Waals surface area (Å²) in [6, 6.07) is 11.3. The fourth-order valence-corrected chi connectivity index (χ4v) is 2.61. The van der Waals surface area contributed by atoms with Crippen molar-refractivity contribution in [3.8, 4) is 11.3 Å². The van der Waals surface area contributed by atoms with Gasteiger partial charge in [0, 0.05) is 50.9 Å². The van der Waals surface area contributed by atoms with Crippen LogP contribution in [-0.2, 0) is 0 Å². The molecule has 23 heavy (non-hydrogen) atoms. The van der Waals surface area contributed by atoms with Gasteiger partial charge in [-0.3, -0.25) is 9.69 Å². The number of aromatic nitrogens is 1. The van der Waals surface area contributed by atoms with Crippen LogP contribution < -0.4 is 5.32 Å². The van der Waals surface area contributed by atoms with Crippen LogP contribution in [0.4, 0.5) is 0 Å². The Hall–Kier alpha value is -2.18. The van der Waals surface area contributed by atoms with E-state index in [1.165, 1.54) is 0 Å². The van der Waals surface area contributed by atoms with E-state index in [0.717, 1.165) is 38.3 Å². The van der Waals surface area contributed by atoms with Crippen LogP contribution in [0.5, 0.6) is 0 Å². The molecule has 1 N–H and O–H groups in total. The molecule has 1 aromatic carbocycles. The highest BCUT2D eigenvalue weighted by molar-refractivity contribution is 5.93. The SMILES string of the molecule is CN1CCN(CCNC(=O)c2cc(-c3ccccc3)on2)CC1. The molecule has 1 saturated heterocycles. The van der Waals surface area contributed by atoms with Crippen LogP contribution in [0.2, 0.25) is 0 Å². The first kappa shape index (κ1) is 15.7. The number of carbonyl (C=O) groups excluding carboxylic acids is 1. The van der Waals surface area contributed by atoms with Crippen molar-refractivity contribution in [2.75, 3.05) is 46.3 Å². The number of amides is 1. The predicted molar refractivity (Wildman–Crippen MR) is 88.2 cm³/mol. The molecule has 6 nitrogen and oxygen atoms in total. The van der Waals surface area contributed by atoms with E-state index in [1.54, 1.807) is 6.07 Å². The van der Waals surface area contributed by atoms with Gasteiger partial charge >= 0.3 is 0 Å². The van der Waals surface area contributed by atoms with E-state index in [2.05, 4.69) is 27.3 Å². The van der Waals surface area contributed by atoms with Gasteiger partial charge in [-0.2, -0.15) is 0 Å². The van der Waals surface area contributed by atoms with Gasteiger partial charge in [-0.25, -0.2) is 0 Å². The molecule has 2 aromatic rings. The maximum absolute atomic E-state index is 12.1. The number of carbonyl (C=O) groups is 1. The Bertz CT molecular complexity index is 633. The molecule has 2 heterocycles. The third-order valence-corrected chi connectivity index (χ3v) is 4.11. The summed E-state index contributed by atoms with van der Waals surface area (Å²) in [7, 11) is 2.13. The van der Waals surface area contributed by atoms with Crippen molar-refractivity contribution in [3.63, 3.8) is 0 Å². The van der Waals surface area contributed by atoms with Gasteiger partial charge in [0.2, 0.25) is 0 Å². The minimum Gasteiger partial charge on any atom is -0.355 e. The third kappa shape index (κ3) is 4.18. The summed E-state index contributed by atoms with van der Waals surface area (Å²) in [4.78, 5) is 16.8. The average Bonchev–Trinajstić information content (AvgIpc) is 3.07. The van der Waals surface area contributed by atoms with Crippen LogP contribution in [0.25, 0.3) is 11.3 Å². The zero-order valence-electron chi connectivity index (χ0n) is 13.4. The lowest BCUT2D eigenvalue weighted by Crippen LogP contribution is -2.46. The van der Waals surface area contributed by atoms with Crippen LogP contribution in [0.1, 0.15) is 10.5 Å². The highest BCUT2D eigenvalue weighted by atomic mass is 16.5. The molecule has 0 aliphatic carbocycles. The number of hydrogen-bond acceptors (Lipinski definition) is 5. The minimum absolute atomic E-state index is 0.190. The van der Waals surface area contributed by atoms with Gasteiger partial charge in [-0.15, -0.1) is 0 Å². The van der Waals surface area contributed by atoms with Crippen LogP contribution in [0.3, 0.4) is 0 Å². The highest BCUT2D eigenvalue weighted by Crippen LogP contribution is 2.19. The summed E-state index contributed by atoms with van der Waals surface area (Å²) in [5.74, 6) is 0.417. The topological polar surface area (TPSA) is 61.6 Å². The van der Waals surface area contributed by atoms with Crippen molar-refractivity contribution >= 4 is 5.91 Å². The summed E-state index contributed by atoms with van der Waals surface area (Å²) >= 11 is 0. The van der Waals surface area contributed by atoms with Crippen molar-refractivity contribution in [2.24, 2.45) is 0 Å². The highest BCUT2D eigenvalue weighted by Gasteiger charge is 2.15. The van der Waals surface area contributed by atoms with Crippen LogP contribution in [-0.4, -0.2) is 67.2 Å². The summed E-state index contributed by atoms with van der Waals surface area (Å²) < 4.78 is 5.25. The van der Waals surface area contributed by atoms with Crippen molar-refractivity contribution in [1.82, 2.24) is 20.3 Å². The molecule has 1 aromatic heterocycles. The lowest BCUT2D eigenvalue weighted by molar-refractivity contribution is 0.0932. The maximum atomic E-state index is 12.1. The predicted octanol–water partition coefficient (Wildman–Crippen LogP) is 1.32. The van der Waals surface area contributed by atoms with Gasteiger partial charge in [0.25, 0.3) is 5.91 Å². The number of benzene rings is 1. The molecule has 3 rings (SSSR count). The van der Waals surface area contributed by atoms with Crippen LogP contribution in [0.15, 0.2) is 40.9 Å². The summed E-state index contributed by atoms with van der Waals surface area (Å²) in [6.45, 7) is 5.75. The molecule has 1 aliphatic rings. The molecule has 1 fully saturated rings. The lowest BCUT2D eigenvalue weighted by Gasteiger charge is -2.32. The van der Waals surface area contributed by atoms with Gasteiger partial charge in [0.1, 0.15) is 0 Å². The Kier molecular flexibility index (Phi) is 5.05. The first-order chi connectivity index (χ1) is 11.2. The zero-order valence-corrected chi connectivity index (χ0v) is 13.4. The standard InChI is InChI=1S/C17H22N4O2/c1-20-9-11-21(12-10-20)8-7-18-17(22)15-13-16(23-19-15)14-5-3-2-4-6-14/h2-6,13H,7-12H2,1H3,(H,18,22). The first-order valence-corrected chi connectivity index (χ1v) is 7.93. The molecule has 0 spiro atoms. The molecule has 0 unspecified atom stereocenters. The monoisotopic (exact) mass is 314 g/mol. The molecule has 0 saturated carbocycles. The normalized spacial score (nSPS) is 16.4. The minimum atomic E-state index is -0.190. The fourth-order valence-electron chi connectivity index (χ4n) is 2.61. The second kappa shape index (κ2) is 7.39. The molecular formula is C17H22N4O2. The number of rotatable bonds is 5. The Balaban J connectivity index is 1.48. The Morgan fingerprint density at radius 3 is 2.70 bits per heavy atom. The van der Waals surface area contributed by atoms with Crippen LogP contribution in [0, 0.1) is 0 Å². The van der Waals surface area contributed by atoms with Crippen molar-refractivity contribution in [2.45, 2.75) is 0 Å². The smallest absolute Gasteiger partial charge is 0.273 e. The number of nitrogens with one attached hydrogen (secondary N) is 1. The molecule has 0 atom stereocenters. The molecule has 6 heteroatoms. The van der Waals surface area contributed by atoms with E-state index in [1.807, 2.05) is 30.3 Å². The van der Waals surface area contributed by atoms with Gasteiger partial charge in [0.15, 0.2) is 11.5 Å². The summed E-state index contributed by atoms with van der Waals surface area (Å²) in [5, 5.41) is 6.77. The molecule has 1 amide bonds. The molecule has 1 aliphatic heterocycles.